The zero-order valence-corrected chi connectivity index (χ0v) is 12.8. The third kappa shape index (κ3) is 2.47. The molecule has 2 aliphatic rings. The Morgan fingerprint density at radius 1 is 1.46 bits per heavy atom. The summed E-state index contributed by atoms with van der Waals surface area (Å²) >= 11 is 0. The molecule has 2 fully saturated rings. The fourth-order valence-corrected chi connectivity index (χ4v) is 3.51. The normalized spacial score (nSPS) is 26.6. The summed E-state index contributed by atoms with van der Waals surface area (Å²) in [6, 6.07) is 5.94. The maximum Gasteiger partial charge on any atom is 0.313 e. The second-order valence-corrected chi connectivity index (χ2v) is 6.35. The number of halogens is 1. The van der Waals surface area contributed by atoms with Crippen molar-refractivity contribution in [2.75, 3.05) is 26.3 Å². The van der Waals surface area contributed by atoms with Crippen molar-refractivity contribution in [3.05, 3.63) is 36.0 Å². The van der Waals surface area contributed by atoms with Gasteiger partial charge >= 0.3 is 5.97 Å². The number of likely N-dealkylation sites (tertiary alicyclic amines) is 1. The molecular weight excluding hydrogens is 317 g/mol. The van der Waals surface area contributed by atoms with Crippen LogP contribution in [0.25, 0.3) is 11.5 Å². The molecule has 0 unspecified atom stereocenters. The summed E-state index contributed by atoms with van der Waals surface area (Å²) in [6.07, 6.45) is 0. The summed E-state index contributed by atoms with van der Waals surface area (Å²) in [5, 5.41) is 17.5. The maximum absolute atomic E-state index is 13.3. The van der Waals surface area contributed by atoms with E-state index in [9.17, 15) is 14.3 Å². The Labute approximate surface area is 137 Å². The van der Waals surface area contributed by atoms with E-state index >= 15 is 0 Å². The minimum absolute atomic E-state index is 0.0272. The molecule has 2 aromatic rings. The lowest BCUT2D eigenvalue weighted by atomic mass is 9.81. The van der Waals surface area contributed by atoms with Crippen LogP contribution in [0.5, 0.6) is 0 Å². The van der Waals surface area contributed by atoms with Crippen LogP contribution in [-0.2, 0) is 16.1 Å². The third-order valence-corrected chi connectivity index (χ3v) is 4.77. The quantitative estimate of drug-likeness (QED) is 0.905. The monoisotopic (exact) mass is 333 g/mol. The number of hydrogen-bond donors (Lipinski definition) is 1. The van der Waals surface area contributed by atoms with Gasteiger partial charge in [0.05, 0.1) is 19.8 Å². The Balaban J connectivity index is 1.48. The van der Waals surface area contributed by atoms with Gasteiger partial charge in [0.25, 0.3) is 0 Å². The van der Waals surface area contributed by atoms with Crippen LogP contribution >= 0.6 is 0 Å². The van der Waals surface area contributed by atoms with E-state index in [1.807, 2.05) is 4.90 Å². The molecule has 8 heteroatoms. The standard InChI is InChI=1S/C16H16FN3O4/c17-12-3-1-2-10(4-12)14-19-18-13(24-14)6-20-5-11-7-23-9-16(11,8-20)15(21)22/h1-4,11H,5-9H2,(H,21,22)/t11-,16-/m1/s1. The van der Waals surface area contributed by atoms with Crippen molar-refractivity contribution in [2.24, 2.45) is 11.3 Å². The first-order valence-corrected chi connectivity index (χ1v) is 7.69. The van der Waals surface area contributed by atoms with Crippen LogP contribution in [0.4, 0.5) is 4.39 Å². The molecule has 1 N–H and O–H groups in total. The molecule has 7 nitrogen and oxygen atoms in total. The average Bonchev–Trinajstić information content (AvgIpc) is 3.21. The maximum atomic E-state index is 13.3. The van der Waals surface area contributed by atoms with E-state index in [1.54, 1.807) is 12.1 Å². The lowest BCUT2D eigenvalue weighted by Crippen LogP contribution is -2.38. The minimum Gasteiger partial charge on any atom is -0.481 e. The van der Waals surface area contributed by atoms with Crippen molar-refractivity contribution in [3.63, 3.8) is 0 Å². The van der Waals surface area contributed by atoms with Crippen LogP contribution in [-0.4, -0.2) is 52.5 Å². The Morgan fingerprint density at radius 3 is 3.08 bits per heavy atom. The lowest BCUT2D eigenvalue weighted by molar-refractivity contribution is -0.149. The topological polar surface area (TPSA) is 88.7 Å². The Hall–Kier alpha value is -2.32. The van der Waals surface area contributed by atoms with Crippen LogP contribution < -0.4 is 0 Å². The van der Waals surface area contributed by atoms with Crippen LogP contribution in [0.3, 0.4) is 0 Å². The highest BCUT2D eigenvalue weighted by Gasteiger charge is 2.56. The van der Waals surface area contributed by atoms with Gasteiger partial charge < -0.3 is 14.3 Å². The summed E-state index contributed by atoms with van der Waals surface area (Å²) in [7, 11) is 0. The van der Waals surface area contributed by atoms with Crippen molar-refractivity contribution in [3.8, 4) is 11.5 Å². The zero-order chi connectivity index (χ0) is 16.7. The highest BCUT2D eigenvalue weighted by atomic mass is 19.1. The molecule has 3 heterocycles. The van der Waals surface area contributed by atoms with E-state index in [0.717, 1.165) is 0 Å². The number of fused-ring (bicyclic) bond motifs is 1. The molecule has 24 heavy (non-hydrogen) atoms. The summed E-state index contributed by atoms with van der Waals surface area (Å²) in [5.41, 5.74) is -0.326. The molecular formula is C16H16FN3O4. The van der Waals surface area contributed by atoms with Gasteiger partial charge in [-0.3, -0.25) is 9.69 Å². The van der Waals surface area contributed by atoms with Crippen molar-refractivity contribution in [2.45, 2.75) is 6.54 Å². The van der Waals surface area contributed by atoms with Gasteiger partial charge in [-0.05, 0) is 18.2 Å². The second kappa shape index (κ2) is 5.64. The number of benzene rings is 1. The number of carbonyl (C=O) groups is 1. The van der Waals surface area contributed by atoms with E-state index in [0.29, 0.717) is 37.7 Å². The van der Waals surface area contributed by atoms with Crippen molar-refractivity contribution < 1.29 is 23.4 Å². The minimum atomic E-state index is -0.842. The summed E-state index contributed by atoms with van der Waals surface area (Å²) in [6.45, 7) is 2.07. The van der Waals surface area contributed by atoms with Gasteiger partial charge in [0.15, 0.2) is 0 Å². The van der Waals surface area contributed by atoms with Crippen molar-refractivity contribution in [1.82, 2.24) is 15.1 Å². The van der Waals surface area contributed by atoms with Gasteiger partial charge in [-0.1, -0.05) is 6.07 Å². The molecule has 1 aromatic carbocycles. The van der Waals surface area contributed by atoms with Crippen LogP contribution in [0.15, 0.2) is 28.7 Å². The molecule has 126 valence electrons. The third-order valence-electron chi connectivity index (χ3n) is 4.77. The van der Waals surface area contributed by atoms with E-state index in [1.165, 1.54) is 12.1 Å². The average molecular weight is 333 g/mol. The van der Waals surface area contributed by atoms with E-state index in [2.05, 4.69) is 10.2 Å². The Bertz CT molecular complexity index is 780. The lowest BCUT2D eigenvalue weighted by Gasteiger charge is -2.21. The number of carboxylic acid groups (broad SMARTS) is 1. The number of aromatic nitrogens is 2. The number of ether oxygens (including phenoxy) is 1. The van der Waals surface area contributed by atoms with Gasteiger partial charge in [0.2, 0.25) is 11.8 Å². The number of nitrogens with zero attached hydrogens (tertiary/aromatic N) is 3. The number of hydrogen-bond acceptors (Lipinski definition) is 6. The molecule has 0 radical (unpaired) electrons. The predicted molar refractivity (Wildman–Crippen MR) is 79.3 cm³/mol. The van der Waals surface area contributed by atoms with Crippen LogP contribution in [0.1, 0.15) is 5.89 Å². The van der Waals surface area contributed by atoms with Crippen LogP contribution in [0.2, 0.25) is 0 Å². The highest BCUT2D eigenvalue weighted by molar-refractivity contribution is 5.76. The Morgan fingerprint density at radius 2 is 2.33 bits per heavy atom. The van der Waals surface area contributed by atoms with Gasteiger partial charge in [-0.25, -0.2) is 4.39 Å². The van der Waals surface area contributed by atoms with Gasteiger partial charge in [0, 0.05) is 24.6 Å². The van der Waals surface area contributed by atoms with E-state index in [-0.39, 0.29) is 24.2 Å². The van der Waals surface area contributed by atoms with Crippen molar-refractivity contribution in [1.29, 1.82) is 0 Å². The molecule has 0 saturated carbocycles. The fraction of sp³-hybridized carbons (Fsp3) is 0.438. The summed E-state index contributed by atoms with van der Waals surface area (Å²) in [4.78, 5) is 13.6. The number of aliphatic carboxylic acids is 1. The molecule has 2 atom stereocenters. The predicted octanol–water partition coefficient (Wildman–Crippen LogP) is 1.41. The smallest absolute Gasteiger partial charge is 0.313 e. The van der Waals surface area contributed by atoms with Gasteiger partial charge in [0.1, 0.15) is 11.2 Å². The van der Waals surface area contributed by atoms with Gasteiger partial charge in [-0.15, -0.1) is 10.2 Å². The molecule has 0 spiro atoms. The molecule has 1 aromatic heterocycles. The fourth-order valence-electron chi connectivity index (χ4n) is 3.51. The number of rotatable bonds is 4. The highest BCUT2D eigenvalue weighted by Crippen LogP contribution is 2.41. The summed E-state index contributed by atoms with van der Waals surface area (Å²) in [5.74, 6) is -0.585. The summed E-state index contributed by atoms with van der Waals surface area (Å²) < 4.78 is 24.2. The van der Waals surface area contributed by atoms with E-state index < -0.39 is 11.4 Å². The van der Waals surface area contributed by atoms with Crippen LogP contribution in [0, 0.1) is 17.2 Å². The first-order valence-electron chi connectivity index (χ1n) is 7.69. The molecule has 0 amide bonds. The molecule has 0 bridgehead atoms. The SMILES string of the molecule is O=C(O)[C@]12COC[C@H]1CN(Cc1nnc(-c3cccc(F)c3)o1)C2. The number of carboxylic acids is 1. The Kier molecular flexibility index (Phi) is 3.58. The van der Waals surface area contributed by atoms with Crippen molar-refractivity contribution >= 4 is 5.97 Å². The van der Waals surface area contributed by atoms with Gasteiger partial charge in [-0.2, -0.15) is 0 Å². The molecule has 0 aliphatic carbocycles. The largest absolute Gasteiger partial charge is 0.481 e. The zero-order valence-electron chi connectivity index (χ0n) is 12.8. The molecule has 2 aliphatic heterocycles. The molecule has 2 saturated heterocycles. The first kappa shape index (κ1) is 15.2. The van der Waals surface area contributed by atoms with E-state index in [4.69, 9.17) is 9.15 Å². The second-order valence-electron chi connectivity index (χ2n) is 6.35. The molecule has 4 rings (SSSR count). The first-order chi connectivity index (χ1) is 11.6.